The van der Waals surface area contributed by atoms with Gasteiger partial charge < -0.3 is 15.4 Å². The van der Waals surface area contributed by atoms with Crippen LogP contribution in [-0.2, 0) is 27.2 Å². The van der Waals surface area contributed by atoms with Crippen molar-refractivity contribution < 1.29 is 19.1 Å². The molecule has 8 heteroatoms. The van der Waals surface area contributed by atoms with E-state index in [2.05, 4.69) is 10.6 Å². The Morgan fingerprint density at radius 1 is 1.09 bits per heavy atom. The van der Waals surface area contributed by atoms with Crippen LogP contribution in [0.5, 0.6) is 0 Å². The summed E-state index contributed by atoms with van der Waals surface area (Å²) in [6.07, 6.45) is 1.28. The van der Waals surface area contributed by atoms with E-state index in [4.69, 9.17) is 4.74 Å². The van der Waals surface area contributed by atoms with Gasteiger partial charge in [-0.2, -0.15) is 5.26 Å². The van der Waals surface area contributed by atoms with Crippen molar-refractivity contribution in [3.05, 3.63) is 75.8 Å². The van der Waals surface area contributed by atoms with Crippen molar-refractivity contribution in [3.8, 4) is 6.07 Å². The van der Waals surface area contributed by atoms with Crippen LogP contribution in [0.3, 0.4) is 0 Å². The van der Waals surface area contributed by atoms with Crippen LogP contribution < -0.4 is 10.6 Å². The quantitative estimate of drug-likeness (QED) is 0.380. The lowest BCUT2D eigenvalue weighted by atomic mass is 10.1. The molecule has 2 aromatic carbocycles. The Bertz CT molecular complexity index is 1090. The van der Waals surface area contributed by atoms with Crippen LogP contribution in [0.15, 0.2) is 59.1 Å². The fourth-order valence-electron chi connectivity index (χ4n) is 3.10. The molecule has 32 heavy (non-hydrogen) atoms. The molecule has 0 bridgehead atoms. The highest BCUT2D eigenvalue weighted by Gasteiger charge is 2.33. The molecule has 1 aliphatic heterocycles. The molecule has 0 aromatic heterocycles. The fourth-order valence-corrected chi connectivity index (χ4v) is 4.24. The predicted octanol–water partition coefficient (Wildman–Crippen LogP) is 3.57. The second kappa shape index (κ2) is 10.6. The molecule has 0 aliphatic carbocycles. The first-order chi connectivity index (χ1) is 15.4. The van der Waals surface area contributed by atoms with Gasteiger partial charge in [0.15, 0.2) is 0 Å². The van der Waals surface area contributed by atoms with Gasteiger partial charge in [0.05, 0.1) is 22.4 Å². The van der Waals surface area contributed by atoms with Crippen molar-refractivity contribution >= 4 is 35.2 Å². The fraction of sp³-hybridized carbons (Fsp3) is 0.250. The van der Waals surface area contributed by atoms with Crippen molar-refractivity contribution in [1.29, 1.82) is 5.26 Å². The van der Waals surface area contributed by atoms with Crippen LogP contribution >= 0.6 is 11.8 Å². The molecular weight excluding hydrogens is 426 g/mol. The van der Waals surface area contributed by atoms with Crippen LogP contribution in [0.25, 0.3) is 0 Å². The summed E-state index contributed by atoms with van der Waals surface area (Å²) in [6, 6.07) is 16.1. The second-order valence-electron chi connectivity index (χ2n) is 7.04. The van der Waals surface area contributed by atoms with Crippen molar-refractivity contribution in [3.63, 3.8) is 0 Å². The van der Waals surface area contributed by atoms with Gasteiger partial charge in [0.25, 0.3) is 5.91 Å². The van der Waals surface area contributed by atoms with Gasteiger partial charge in [-0.15, -0.1) is 0 Å². The number of benzene rings is 2. The third kappa shape index (κ3) is 5.56. The standard InChI is InChI=1S/C24H23N3O4S/c1-3-15-7-11-18(12-8-15)26-21(28)19(14-25)23-27-22(29)20(32-23)13-16-5-9-17(10-6-16)24(30)31-4-2/h5-12,20H,3-4,13H2,1-2H3,(H,26,28)(H,27,29)/b23-19-/t20-/m0/s1. The van der Waals surface area contributed by atoms with Gasteiger partial charge in [-0.05, 0) is 55.2 Å². The van der Waals surface area contributed by atoms with Crippen LogP contribution in [-0.4, -0.2) is 29.6 Å². The first-order valence-electron chi connectivity index (χ1n) is 10.2. The number of ether oxygens (including phenoxy) is 1. The van der Waals surface area contributed by atoms with E-state index >= 15 is 0 Å². The molecule has 1 atom stereocenters. The molecule has 164 valence electrons. The number of anilines is 1. The Morgan fingerprint density at radius 3 is 2.34 bits per heavy atom. The number of aryl methyl sites for hydroxylation is 1. The molecule has 7 nitrogen and oxygen atoms in total. The van der Waals surface area contributed by atoms with E-state index in [1.54, 1.807) is 43.3 Å². The maximum atomic E-state index is 12.6. The van der Waals surface area contributed by atoms with Gasteiger partial charge in [-0.25, -0.2) is 4.79 Å². The van der Waals surface area contributed by atoms with Crippen LogP contribution in [0, 0.1) is 11.3 Å². The van der Waals surface area contributed by atoms with E-state index in [-0.39, 0.29) is 16.5 Å². The van der Waals surface area contributed by atoms with Crippen molar-refractivity contribution in [2.24, 2.45) is 0 Å². The Kier molecular flexibility index (Phi) is 7.68. The number of nitriles is 1. The van der Waals surface area contributed by atoms with Gasteiger partial charge in [0.1, 0.15) is 11.6 Å². The number of esters is 1. The number of carbonyl (C=O) groups is 3. The number of carbonyl (C=O) groups excluding carboxylic acids is 3. The number of nitrogens with zero attached hydrogens (tertiary/aromatic N) is 1. The van der Waals surface area contributed by atoms with E-state index in [0.29, 0.717) is 24.3 Å². The molecule has 0 saturated carbocycles. The lowest BCUT2D eigenvalue weighted by Crippen LogP contribution is -2.25. The van der Waals surface area contributed by atoms with E-state index in [1.807, 2.05) is 25.1 Å². The Morgan fingerprint density at radius 2 is 1.75 bits per heavy atom. The molecule has 2 amide bonds. The Balaban J connectivity index is 1.68. The van der Waals surface area contributed by atoms with E-state index < -0.39 is 17.1 Å². The normalized spacial score (nSPS) is 16.7. The largest absolute Gasteiger partial charge is 0.462 e. The summed E-state index contributed by atoms with van der Waals surface area (Å²) in [5.41, 5.74) is 2.87. The summed E-state index contributed by atoms with van der Waals surface area (Å²) in [6.45, 7) is 4.08. The van der Waals surface area contributed by atoms with Crippen molar-refractivity contribution in [2.75, 3.05) is 11.9 Å². The molecule has 2 N–H and O–H groups in total. The number of thioether (sulfide) groups is 1. The smallest absolute Gasteiger partial charge is 0.338 e. The highest BCUT2D eigenvalue weighted by Crippen LogP contribution is 2.32. The van der Waals surface area contributed by atoms with Gasteiger partial charge in [0.2, 0.25) is 5.91 Å². The number of nitrogens with one attached hydrogen (secondary N) is 2. The lowest BCUT2D eigenvalue weighted by Gasteiger charge is -2.08. The van der Waals surface area contributed by atoms with Crippen LogP contribution in [0.1, 0.15) is 35.3 Å². The highest BCUT2D eigenvalue weighted by molar-refractivity contribution is 8.04. The summed E-state index contributed by atoms with van der Waals surface area (Å²) in [4.78, 5) is 36.8. The summed E-state index contributed by atoms with van der Waals surface area (Å²) >= 11 is 1.15. The maximum absolute atomic E-state index is 12.6. The van der Waals surface area contributed by atoms with E-state index in [9.17, 15) is 19.6 Å². The first-order valence-corrected chi connectivity index (χ1v) is 11.1. The van der Waals surface area contributed by atoms with Gasteiger partial charge in [-0.1, -0.05) is 43.0 Å². The number of rotatable bonds is 7. The molecule has 1 saturated heterocycles. The molecule has 0 spiro atoms. The predicted molar refractivity (Wildman–Crippen MR) is 123 cm³/mol. The summed E-state index contributed by atoms with van der Waals surface area (Å²) in [5, 5.41) is 14.6. The minimum absolute atomic E-state index is 0.136. The zero-order valence-corrected chi connectivity index (χ0v) is 18.6. The number of amides is 2. The first kappa shape index (κ1) is 23.1. The SMILES string of the molecule is CCOC(=O)c1ccc(C[C@@H]2S/C(=C(/C#N)C(=O)Nc3ccc(CC)cc3)NC2=O)cc1. The van der Waals surface area contributed by atoms with Crippen molar-refractivity contribution in [1.82, 2.24) is 5.32 Å². The minimum Gasteiger partial charge on any atom is -0.462 e. The number of hydrogen-bond donors (Lipinski definition) is 2. The Hall–Kier alpha value is -3.57. The molecule has 1 aliphatic rings. The van der Waals surface area contributed by atoms with Crippen LogP contribution in [0.2, 0.25) is 0 Å². The molecule has 0 unspecified atom stereocenters. The molecule has 3 rings (SSSR count). The average Bonchev–Trinajstić information content (AvgIpc) is 3.15. The molecule has 0 radical (unpaired) electrons. The van der Waals surface area contributed by atoms with E-state index in [0.717, 1.165) is 29.3 Å². The summed E-state index contributed by atoms with van der Waals surface area (Å²) < 4.78 is 4.97. The van der Waals surface area contributed by atoms with Crippen molar-refractivity contribution in [2.45, 2.75) is 31.9 Å². The molecule has 1 heterocycles. The summed E-state index contributed by atoms with van der Waals surface area (Å²) in [5.74, 6) is -1.24. The zero-order chi connectivity index (χ0) is 23.1. The van der Waals surface area contributed by atoms with Gasteiger partial charge in [0, 0.05) is 5.69 Å². The third-order valence-electron chi connectivity index (χ3n) is 4.86. The monoisotopic (exact) mass is 449 g/mol. The van der Waals surface area contributed by atoms with Crippen LogP contribution in [0.4, 0.5) is 5.69 Å². The molecule has 1 fully saturated rings. The van der Waals surface area contributed by atoms with E-state index in [1.165, 1.54) is 0 Å². The zero-order valence-electron chi connectivity index (χ0n) is 17.8. The third-order valence-corrected chi connectivity index (χ3v) is 6.07. The topological polar surface area (TPSA) is 108 Å². The summed E-state index contributed by atoms with van der Waals surface area (Å²) in [7, 11) is 0. The lowest BCUT2D eigenvalue weighted by molar-refractivity contribution is -0.119. The second-order valence-corrected chi connectivity index (χ2v) is 8.25. The number of hydrogen-bond acceptors (Lipinski definition) is 6. The molecule has 2 aromatic rings. The minimum atomic E-state index is -0.570. The average molecular weight is 450 g/mol. The maximum Gasteiger partial charge on any atom is 0.338 e. The van der Waals surface area contributed by atoms with Gasteiger partial charge >= 0.3 is 5.97 Å². The van der Waals surface area contributed by atoms with Gasteiger partial charge in [-0.3, -0.25) is 9.59 Å². The molecular formula is C24H23N3O4S. The highest BCUT2D eigenvalue weighted by atomic mass is 32.2. The Labute approximate surface area is 190 Å².